The van der Waals surface area contributed by atoms with E-state index in [2.05, 4.69) is 153 Å². The topological polar surface area (TPSA) is 149 Å². The summed E-state index contributed by atoms with van der Waals surface area (Å²) in [6.45, 7) is 3.49. The van der Waals surface area contributed by atoms with Gasteiger partial charge in [-0.05, 0) is 103 Å². The van der Waals surface area contributed by atoms with Crippen molar-refractivity contribution < 1.29 is 39.8 Å². The molecule has 0 aromatic carbocycles. The fourth-order valence-electron chi connectivity index (χ4n) is 7.20. The molecule has 0 aromatic heterocycles. The number of allylic oxidation sites excluding steroid dienone is 23. The third kappa shape index (κ3) is 37.6. The van der Waals surface area contributed by atoms with Crippen LogP contribution in [0.4, 0.5) is 0 Å². The van der Waals surface area contributed by atoms with Crippen LogP contribution in [0.15, 0.2) is 146 Å². The summed E-state index contributed by atoms with van der Waals surface area (Å²) in [5, 5.41) is 53.9. The maximum absolute atomic E-state index is 12.9. The molecule has 1 aliphatic rings. The van der Waals surface area contributed by atoms with Gasteiger partial charge < -0.3 is 40.3 Å². The molecule has 0 aromatic rings. The maximum Gasteiger partial charge on any atom is 0.220 e. The van der Waals surface area contributed by atoms with Gasteiger partial charge in [0.2, 0.25) is 5.91 Å². The molecule has 388 valence electrons. The summed E-state index contributed by atoms with van der Waals surface area (Å²) in [4.78, 5) is 12.9. The molecule has 7 unspecified atom stereocenters. The summed E-state index contributed by atoms with van der Waals surface area (Å²) in [6.07, 6.45) is 68.1. The number of hydrogen-bond donors (Lipinski definition) is 6. The number of nitrogens with one attached hydrogen (secondary N) is 1. The molecule has 9 nitrogen and oxygen atoms in total. The number of unbranched alkanes of at least 4 members (excludes halogenated alkanes) is 10. The van der Waals surface area contributed by atoms with Crippen molar-refractivity contribution in [3.8, 4) is 0 Å². The first-order valence-electron chi connectivity index (χ1n) is 26.6. The number of aliphatic hydroxyl groups excluding tert-OH is 5. The summed E-state index contributed by atoms with van der Waals surface area (Å²) >= 11 is 0. The molecule has 1 aliphatic heterocycles. The Kier molecular flexibility index (Phi) is 43.6. The Morgan fingerprint density at radius 1 is 0.507 bits per heavy atom. The van der Waals surface area contributed by atoms with E-state index in [9.17, 15) is 30.3 Å². The SMILES string of the molecule is CC/C=C\C/C=C\C/C=C\C/C=C\C/C=C\C/C=C\C/C=C\C/C=C\C/C=C\C/C=C\CCCCCCCCCCC(=O)NC(COC1OC(CO)C(O)C(O)C1O)C(O)/C=C/CC/C=C/CCC. The van der Waals surface area contributed by atoms with Crippen LogP contribution in [0.3, 0.4) is 0 Å². The predicted molar refractivity (Wildman–Crippen MR) is 289 cm³/mol. The van der Waals surface area contributed by atoms with Gasteiger partial charge in [0, 0.05) is 6.42 Å². The van der Waals surface area contributed by atoms with Crippen LogP contribution in [0.1, 0.15) is 168 Å². The van der Waals surface area contributed by atoms with Crippen LogP contribution in [0.25, 0.3) is 0 Å². The average Bonchev–Trinajstić information content (AvgIpc) is 3.35. The van der Waals surface area contributed by atoms with Crippen LogP contribution in [-0.2, 0) is 14.3 Å². The molecule has 9 heteroatoms. The highest BCUT2D eigenvalue weighted by Crippen LogP contribution is 2.22. The van der Waals surface area contributed by atoms with Crippen LogP contribution in [0.5, 0.6) is 0 Å². The fourth-order valence-corrected chi connectivity index (χ4v) is 7.20. The number of rotatable bonds is 42. The minimum Gasteiger partial charge on any atom is -0.394 e. The zero-order valence-corrected chi connectivity index (χ0v) is 42.7. The molecular weight excluding hydrogens is 863 g/mol. The maximum atomic E-state index is 12.9. The first-order valence-corrected chi connectivity index (χ1v) is 26.6. The highest BCUT2D eigenvalue weighted by atomic mass is 16.7. The molecule has 6 N–H and O–H groups in total. The monoisotopic (exact) mass is 958 g/mol. The van der Waals surface area contributed by atoms with Gasteiger partial charge in [-0.1, -0.05) is 205 Å². The van der Waals surface area contributed by atoms with Crippen molar-refractivity contribution in [3.05, 3.63) is 146 Å². The lowest BCUT2D eigenvalue weighted by Crippen LogP contribution is -2.60. The highest BCUT2D eigenvalue weighted by molar-refractivity contribution is 5.76. The zero-order chi connectivity index (χ0) is 50.1. The lowest BCUT2D eigenvalue weighted by Gasteiger charge is -2.40. The number of ether oxygens (including phenoxy) is 2. The summed E-state index contributed by atoms with van der Waals surface area (Å²) in [5.41, 5.74) is 0. The Morgan fingerprint density at radius 3 is 1.38 bits per heavy atom. The number of carbonyl (C=O) groups excluding carboxylic acids is 1. The largest absolute Gasteiger partial charge is 0.394 e. The second-order valence-corrected chi connectivity index (χ2v) is 17.6. The Balaban J connectivity index is 2.12. The van der Waals surface area contributed by atoms with Gasteiger partial charge in [0.05, 0.1) is 25.4 Å². The average molecular weight is 958 g/mol. The van der Waals surface area contributed by atoms with Crippen molar-refractivity contribution in [2.45, 2.75) is 211 Å². The van der Waals surface area contributed by atoms with E-state index in [-0.39, 0.29) is 12.5 Å². The van der Waals surface area contributed by atoms with E-state index < -0.39 is 49.5 Å². The van der Waals surface area contributed by atoms with Gasteiger partial charge in [0.25, 0.3) is 0 Å². The van der Waals surface area contributed by atoms with E-state index in [4.69, 9.17) is 9.47 Å². The molecule has 69 heavy (non-hydrogen) atoms. The molecule has 7 atom stereocenters. The normalized spacial score (nSPS) is 20.7. The minimum atomic E-state index is -1.58. The third-order valence-corrected chi connectivity index (χ3v) is 11.4. The third-order valence-electron chi connectivity index (χ3n) is 11.4. The predicted octanol–water partition coefficient (Wildman–Crippen LogP) is 12.7. The first kappa shape index (κ1) is 63.1. The smallest absolute Gasteiger partial charge is 0.220 e. The summed E-state index contributed by atoms with van der Waals surface area (Å²) in [5.74, 6) is -0.208. The summed E-state index contributed by atoms with van der Waals surface area (Å²) in [6, 6.07) is -0.833. The van der Waals surface area contributed by atoms with Crippen molar-refractivity contribution in [2.75, 3.05) is 13.2 Å². The van der Waals surface area contributed by atoms with E-state index in [0.29, 0.717) is 6.42 Å². The van der Waals surface area contributed by atoms with Crippen molar-refractivity contribution in [3.63, 3.8) is 0 Å². The van der Waals surface area contributed by atoms with Crippen molar-refractivity contribution in [1.82, 2.24) is 5.32 Å². The van der Waals surface area contributed by atoms with Crippen LogP contribution in [-0.4, -0.2) is 87.5 Å². The van der Waals surface area contributed by atoms with Gasteiger partial charge in [0.1, 0.15) is 24.4 Å². The zero-order valence-electron chi connectivity index (χ0n) is 42.7. The van der Waals surface area contributed by atoms with Crippen molar-refractivity contribution in [2.24, 2.45) is 0 Å². The molecule has 1 fully saturated rings. The van der Waals surface area contributed by atoms with Gasteiger partial charge >= 0.3 is 0 Å². The second kappa shape index (κ2) is 47.7. The fraction of sp³-hybridized carbons (Fsp3) is 0.583. The first-order chi connectivity index (χ1) is 33.8. The molecule has 1 saturated heterocycles. The summed E-state index contributed by atoms with van der Waals surface area (Å²) in [7, 11) is 0. The molecule has 0 spiro atoms. The highest BCUT2D eigenvalue weighted by Gasteiger charge is 2.44. The Hall–Kier alpha value is -3.93. The van der Waals surface area contributed by atoms with E-state index >= 15 is 0 Å². The molecule has 1 heterocycles. The van der Waals surface area contributed by atoms with Gasteiger partial charge in [-0.3, -0.25) is 4.79 Å². The standard InChI is InChI=1S/C60H95NO8/c1-3-5-7-9-11-12-13-14-15-16-17-18-19-20-21-22-23-24-25-26-27-28-29-30-31-32-33-34-35-36-37-38-39-40-41-42-44-46-48-50-56(64)61-53(54(63)49-47-45-43-10-8-6-4-2)52-68-60-59(67)58(66)57(65)55(51-62)69-60/h5,7-8,10-12,14-15,17-18,20-21,23-24,26-27,29-30,32-33,35-36,47,49,53-55,57-60,62-63,65-67H,3-4,6,9,13,16,19,22,25,28,31,34,37-46,48,50-52H2,1-2H3,(H,61,64)/b7-5-,10-8+,12-11-,15-14-,18-17-,21-20-,24-23-,27-26-,30-29-,33-32-,36-35-,49-47+. The number of carbonyl (C=O) groups is 1. The van der Waals surface area contributed by atoms with Crippen molar-refractivity contribution >= 4 is 5.91 Å². The summed E-state index contributed by atoms with van der Waals surface area (Å²) < 4.78 is 11.1. The lowest BCUT2D eigenvalue weighted by molar-refractivity contribution is -0.302. The number of hydrogen-bond acceptors (Lipinski definition) is 8. The molecule has 0 bridgehead atoms. The quantitative estimate of drug-likeness (QED) is 0.0262. The molecule has 0 aliphatic carbocycles. The van der Waals surface area contributed by atoms with Gasteiger partial charge in [-0.2, -0.15) is 0 Å². The molecule has 0 radical (unpaired) electrons. The van der Waals surface area contributed by atoms with E-state index in [1.54, 1.807) is 6.08 Å². The van der Waals surface area contributed by atoms with Crippen LogP contribution < -0.4 is 5.32 Å². The molecule has 1 rings (SSSR count). The van der Waals surface area contributed by atoms with Crippen LogP contribution >= 0.6 is 0 Å². The van der Waals surface area contributed by atoms with Crippen LogP contribution in [0.2, 0.25) is 0 Å². The van der Waals surface area contributed by atoms with Crippen molar-refractivity contribution in [1.29, 1.82) is 0 Å². The number of aliphatic hydroxyl groups is 5. The van der Waals surface area contributed by atoms with Crippen LogP contribution in [0, 0.1) is 0 Å². The minimum absolute atomic E-state index is 0.208. The lowest BCUT2D eigenvalue weighted by atomic mass is 9.99. The van der Waals surface area contributed by atoms with E-state index in [0.717, 1.165) is 122 Å². The Labute approximate surface area is 419 Å². The second-order valence-electron chi connectivity index (χ2n) is 17.6. The van der Waals surface area contributed by atoms with Gasteiger partial charge in [0.15, 0.2) is 6.29 Å². The van der Waals surface area contributed by atoms with E-state index in [1.807, 2.05) is 6.08 Å². The Bertz CT molecular complexity index is 1580. The molecule has 0 saturated carbocycles. The van der Waals surface area contributed by atoms with Gasteiger partial charge in [-0.25, -0.2) is 0 Å². The number of amides is 1. The molecule has 1 amide bonds. The van der Waals surface area contributed by atoms with Gasteiger partial charge in [-0.15, -0.1) is 0 Å². The molecular formula is C60H95NO8. The Morgan fingerprint density at radius 2 is 0.913 bits per heavy atom. The van der Waals surface area contributed by atoms with E-state index in [1.165, 1.54) is 25.7 Å².